The molecule has 0 saturated heterocycles. The summed E-state index contributed by atoms with van der Waals surface area (Å²) in [6.07, 6.45) is 1.12. The SMILES string of the molecule is CCN(CC)CCCN(CC)c1cccc(Cl)c1CO. The van der Waals surface area contributed by atoms with Gasteiger partial charge in [-0.15, -0.1) is 0 Å². The molecule has 1 rings (SSSR count). The zero-order valence-corrected chi connectivity index (χ0v) is 13.7. The normalized spacial score (nSPS) is 11.1. The van der Waals surface area contributed by atoms with Crippen molar-refractivity contribution in [3.63, 3.8) is 0 Å². The molecule has 20 heavy (non-hydrogen) atoms. The van der Waals surface area contributed by atoms with E-state index in [2.05, 4.69) is 30.6 Å². The molecule has 1 N–H and O–H groups in total. The molecule has 0 heterocycles. The number of hydrogen-bond acceptors (Lipinski definition) is 3. The van der Waals surface area contributed by atoms with Crippen molar-refractivity contribution in [1.82, 2.24) is 4.90 Å². The van der Waals surface area contributed by atoms with Crippen LogP contribution in [-0.2, 0) is 6.61 Å². The number of hydrogen-bond donors (Lipinski definition) is 1. The van der Waals surface area contributed by atoms with Crippen LogP contribution in [0.25, 0.3) is 0 Å². The number of halogens is 1. The highest BCUT2D eigenvalue weighted by atomic mass is 35.5. The quantitative estimate of drug-likeness (QED) is 0.757. The Balaban J connectivity index is 2.69. The van der Waals surface area contributed by atoms with E-state index in [-0.39, 0.29) is 6.61 Å². The summed E-state index contributed by atoms with van der Waals surface area (Å²) in [7, 11) is 0. The Morgan fingerprint density at radius 3 is 2.30 bits per heavy atom. The van der Waals surface area contributed by atoms with E-state index in [1.165, 1.54) is 0 Å². The van der Waals surface area contributed by atoms with Crippen LogP contribution < -0.4 is 4.90 Å². The fourth-order valence-corrected chi connectivity index (χ4v) is 2.70. The second-order valence-corrected chi connectivity index (χ2v) is 5.26. The van der Waals surface area contributed by atoms with Crippen molar-refractivity contribution in [2.24, 2.45) is 0 Å². The van der Waals surface area contributed by atoms with E-state index < -0.39 is 0 Å². The molecule has 0 spiro atoms. The summed E-state index contributed by atoms with van der Waals surface area (Å²) in [4.78, 5) is 4.72. The molecule has 0 radical (unpaired) electrons. The number of nitrogens with zero attached hydrogens (tertiary/aromatic N) is 2. The van der Waals surface area contributed by atoms with Crippen molar-refractivity contribution in [3.8, 4) is 0 Å². The van der Waals surface area contributed by atoms with Crippen molar-refractivity contribution in [1.29, 1.82) is 0 Å². The Kier molecular flexibility index (Phi) is 7.97. The molecule has 114 valence electrons. The minimum Gasteiger partial charge on any atom is -0.392 e. The van der Waals surface area contributed by atoms with Crippen LogP contribution in [0.15, 0.2) is 18.2 Å². The maximum atomic E-state index is 9.51. The van der Waals surface area contributed by atoms with Gasteiger partial charge >= 0.3 is 0 Å². The number of rotatable bonds is 9. The van der Waals surface area contributed by atoms with Crippen molar-refractivity contribution in [3.05, 3.63) is 28.8 Å². The second kappa shape index (κ2) is 9.22. The molecule has 0 saturated carbocycles. The molecule has 0 aromatic heterocycles. The molecule has 4 heteroatoms. The van der Waals surface area contributed by atoms with Gasteiger partial charge in [-0.1, -0.05) is 31.5 Å². The van der Waals surface area contributed by atoms with E-state index in [1.807, 2.05) is 18.2 Å². The van der Waals surface area contributed by atoms with Gasteiger partial charge in [0.25, 0.3) is 0 Å². The third-order valence-corrected chi connectivity index (χ3v) is 4.13. The van der Waals surface area contributed by atoms with E-state index in [1.54, 1.807) is 0 Å². The standard InChI is InChI=1S/C16H27ClN2O/c1-4-18(5-2)11-8-12-19(6-3)16-10-7-9-15(17)14(16)13-20/h7,9-10,20H,4-6,8,11-13H2,1-3H3. The molecule has 0 fully saturated rings. The lowest BCUT2D eigenvalue weighted by Crippen LogP contribution is -2.30. The highest BCUT2D eigenvalue weighted by Crippen LogP contribution is 2.27. The van der Waals surface area contributed by atoms with Gasteiger partial charge in [-0.25, -0.2) is 0 Å². The lowest BCUT2D eigenvalue weighted by molar-refractivity contribution is 0.282. The van der Waals surface area contributed by atoms with Gasteiger partial charge in [0.15, 0.2) is 0 Å². The van der Waals surface area contributed by atoms with E-state index >= 15 is 0 Å². The minimum absolute atomic E-state index is 0.0123. The van der Waals surface area contributed by atoms with Gasteiger partial charge in [0, 0.05) is 29.4 Å². The van der Waals surface area contributed by atoms with Crippen molar-refractivity contribution in [2.45, 2.75) is 33.8 Å². The highest BCUT2D eigenvalue weighted by Gasteiger charge is 2.12. The molecule has 0 amide bonds. The van der Waals surface area contributed by atoms with Gasteiger partial charge in [0.2, 0.25) is 0 Å². The van der Waals surface area contributed by atoms with Gasteiger partial charge in [-0.05, 0) is 45.1 Å². The van der Waals surface area contributed by atoms with Crippen LogP contribution in [0.1, 0.15) is 32.8 Å². The Hall–Kier alpha value is -0.770. The predicted molar refractivity (Wildman–Crippen MR) is 87.7 cm³/mol. The van der Waals surface area contributed by atoms with E-state index in [0.29, 0.717) is 5.02 Å². The molecule has 0 bridgehead atoms. The van der Waals surface area contributed by atoms with Gasteiger partial charge in [0.05, 0.1) is 6.61 Å². The summed E-state index contributed by atoms with van der Waals surface area (Å²) in [5, 5.41) is 10.2. The average molecular weight is 299 g/mol. The molecule has 0 atom stereocenters. The zero-order chi connectivity index (χ0) is 15.0. The first kappa shape index (κ1) is 17.3. The summed E-state index contributed by atoms with van der Waals surface area (Å²) >= 11 is 6.17. The van der Waals surface area contributed by atoms with Gasteiger partial charge in [-0.2, -0.15) is 0 Å². The van der Waals surface area contributed by atoms with E-state index in [4.69, 9.17) is 11.6 Å². The number of aliphatic hydroxyl groups excluding tert-OH is 1. The zero-order valence-electron chi connectivity index (χ0n) is 12.9. The van der Waals surface area contributed by atoms with Crippen LogP contribution in [0.4, 0.5) is 5.69 Å². The molecule has 0 unspecified atom stereocenters. The molecule has 1 aromatic carbocycles. The Bertz CT molecular complexity index is 394. The summed E-state index contributed by atoms with van der Waals surface area (Å²) in [6, 6.07) is 5.82. The first-order valence-electron chi connectivity index (χ1n) is 7.53. The smallest absolute Gasteiger partial charge is 0.0716 e. The molecule has 0 aliphatic carbocycles. The van der Waals surface area contributed by atoms with Crippen molar-refractivity contribution in [2.75, 3.05) is 37.6 Å². The largest absolute Gasteiger partial charge is 0.392 e. The van der Waals surface area contributed by atoms with Gasteiger partial charge < -0.3 is 14.9 Å². The topological polar surface area (TPSA) is 26.7 Å². The van der Waals surface area contributed by atoms with Crippen molar-refractivity contribution >= 4 is 17.3 Å². The molecular weight excluding hydrogens is 272 g/mol. The maximum absolute atomic E-state index is 9.51. The summed E-state index contributed by atoms with van der Waals surface area (Å²) in [6.45, 7) is 11.7. The Labute approximate surface area is 128 Å². The van der Waals surface area contributed by atoms with E-state index in [9.17, 15) is 5.11 Å². The number of anilines is 1. The first-order valence-corrected chi connectivity index (χ1v) is 7.91. The van der Waals surface area contributed by atoms with Crippen LogP contribution in [-0.4, -0.2) is 42.7 Å². The lowest BCUT2D eigenvalue weighted by Gasteiger charge is -2.27. The van der Waals surface area contributed by atoms with Gasteiger partial charge in [0.1, 0.15) is 0 Å². The molecule has 3 nitrogen and oxygen atoms in total. The summed E-state index contributed by atoms with van der Waals surface area (Å²) in [5.74, 6) is 0. The first-order chi connectivity index (χ1) is 9.67. The molecular formula is C16H27ClN2O. The Morgan fingerprint density at radius 1 is 1.05 bits per heavy atom. The third-order valence-electron chi connectivity index (χ3n) is 3.77. The van der Waals surface area contributed by atoms with Crippen LogP contribution in [0.3, 0.4) is 0 Å². The summed E-state index contributed by atoms with van der Waals surface area (Å²) < 4.78 is 0. The number of benzene rings is 1. The van der Waals surface area contributed by atoms with E-state index in [0.717, 1.165) is 50.4 Å². The van der Waals surface area contributed by atoms with Gasteiger partial charge in [-0.3, -0.25) is 0 Å². The minimum atomic E-state index is -0.0123. The Morgan fingerprint density at radius 2 is 1.75 bits per heavy atom. The highest BCUT2D eigenvalue weighted by molar-refractivity contribution is 6.31. The third kappa shape index (κ3) is 4.65. The van der Waals surface area contributed by atoms with Crippen LogP contribution in [0.5, 0.6) is 0 Å². The fraction of sp³-hybridized carbons (Fsp3) is 0.625. The van der Waals surface area contributed by atoms with Crippen LogP contribution in [0, 0.1) is 0 Å². The van der Waals surface area contributed by atoms with Crippen LogP contribution >= 0.6 is 11.6 Å². The fourth-order valence-electron chi connectivity index (χ4n) is 2.47. The van der Waals surface area contributed by atoms with Crippen LogP contribution in [0.2, 0.25) is 5.02 Å². The summed E-state index contributed by atoms with van der Waals surface area (Å²) in [5.41, 5.74) is 1.89. The monoisotopic (exact) mass is 298 g/mol. The lowest BCUT2D eigenvalue weighted by atomic mass is 10.1. The number of aliphatic hydroxyl groups is 1. The molecule has 0 aliphatic heterocycles. The van der Waals surface area contributed by atoms with Crippen molar-refractivity contribution < 1.29 is 5.11 Å². The molecule has 1 aromatic rings. The maximum Gasteiger partial charge on any atom is 0.0716 e. The predicted octanol–water partition coefficient (Wildman–Crippen LogP) is 3.39. The average Bonchev–Trinajstić information content (AvgIpc) is 2.47. The molecule has 0 aliphatic rings. The second-order valence-electron chi connectivity index (χ2n) is 4.86.